The van der Waals surface area contributed by atoms with Crippen molar-refractivity contribution in [1.82, 2.24) is 5.32 Å². The number of hydrogen-bond acceptors (Lipinski definition) is 3. The van der Waals surface area contributed by atoms with Gasteiger partial charge in [-0.1, -0.05) is 11.6 Å². The minimum absolute atomic E-state index is 0.112. The van der Waals surface area contributed by atoms with Crippen molar-refractivity contribution in [3.8, 4) is 11.5 Å². The highest BCUT2D eigenvalue weighted by molar-refractivity contribution is 6.30. The van der Waals surface area contributed by atoms with Crippen molar-refractivity contribution in [1.29, 1.82) is 0 Å². The van der Waals surface area contributed by atoms with Crippen LogP contribution in [-0.2, 0) is 0 Å². The third kappa shape index (κ3) is 2.27. The van der Waals surface area contributed by atoms with Gasteiger partial charge in [-0.05, 0) is 49.4 Å². The van der Waals surface area contributed by atoms with E-state index in [1.165, 1.54) is 0 Å². The summed E-state index contributed by atoms with van der Waals surface area (Å²) in [6, 6.07) is 12.6. The molecule has 24 heavy (non-hydrogen) atoms. The average Bonchev–Trinajstić information content (AvgIpc) is 2.55. The Kier molecular flexibility index (Phi) is 3.35. The van der Waals surface area contributed by atoms with E-state index in [0.29, 0.717) is 11.4 Å². The number of methoxy groups -OCH3 is 1. The first-order valence-electron chi connectivity index (χ1n) is 7.73. The Morgan fingerprint density at radius 3 is 2.75 bits per heavy atom. The molecule has 2 heterocycles. The SMILES string of the molecule is COc1ccc(N2C(=O)N[C@@H]3C[C@@]2(C)Oc2ccc(Cl)cc23)cc1. The summed E-state index contributed by atoms with van der Waals surface area (Å²) in [6.45, 7) is 1.93. The number of ether oxygens (including phenoxy) is 2. The molecular formula is C18H17ClN2O3. The van der Waals surface area contributed by atoms with Gasteiger partial charge in [0.2, 0.25) is 0 Å². The van der Waals surface area contributed by atoms with Crippen molar-refractivity contribution < 1.29 is 14.3 Å². The molecule has 0 radical (unpaired) electrons. The van der Waals surface area contributed by atoms with Crippen LogP contribution in [0.3, 0.4) is 0 Å². The van der Waals surface area contributed by atoms with Crippen LogP contribution >= 0.6 is 11.6 Å². The summed E-state index contributed by atoms with van der Waals surface area (Å²) in [5.74, 6) is 1.49. The molecule has 2 amide bonds. The van der Waals surface area contributed by atoms with Gasteiger partial charge in [0.05, 0.1) is 13.2 Å². The molecule has 0 aliphatic carbocycles. The number of hydrogen-bond donors (Lipinski definition) is 1. The van der Waals surface area contributed by atoms with Gasteiger partial charge >= 0.3 is 6.03 Å². The lowest BCUT2D eigenvalue weighted by Crippen LogP contribution is -2.65. The maximum absolute atomic E-state index is 12.7. The second-order valence-corrected chi connectivity index (χ2v) is 6.64. The molecule has 1 N–H and O–H groups in total. The molecule has 124 valence electrons. The standard InChI is InChI=1S/C18H17ClN2O3/c1-18-10-15(14-9-11(19)3-8-16(14)24-18)20-17(22)21(18)12-4-6-13(23-2)7-5-12/h3-9,15H,10H2,1-2H3,(H,20,22)/t15-,18-/m1/s1. The predicted molar refractivity (Wildman–Crippen MR) is 91.8 cm³/mol. The summed E-state index contributed by atoms with van der Waals surface area (Å²) in [7, 11) is 1.61. The summed E-state index contributed by atoms with van der Waals surface area (Å²) in [5.41, 5.74) is 0.914. The van der Waals surface area contributed by atoms with Gasteiger partial charge in [0, 0.05) is 22.7 Å². The van der Waals surface area contributed by atoms with Gasteiger partial charge in [0.1, 0.15) is 11.5 Å². The van der Waals surface area contributed by atoms with E-state index in [1.54, 1.807) is 18.1 Å². The van der Waals surface area contributed by atoms with Crippen LogP contribution in [0.5, 0.6) is 11.5 Å². The zero-order chi connectivity index (χ0) is 16.9. The first kappa shape index (κ1) is 15.1. The molecule has 0 saturated carbocycles. The number of anilines is 1. The minimum Gasteiger partial charge on any atom is -0.497 e. The molecular weight excluding hydrogens is 328 g/mol. The third-order valence-electron chi connectivity index (χ3n) is 4.56. The maximum atomic E-state index is 12.7. The number of carbonyl (C=O) groups is 1. The molecule has 1 saturated heterocycles. The van der Waals surface area contributed by atoms with Crippen LogP contribution < -0.4 is 19.7 Å². The molecule has 2 atom stereocenters. The van der Waals surface area contributed by atoms with E-state index in [0.717, 1.165) is 22.7 Å². The molecule has 5 nitrogen and oxygen atoms in total. The lowest BCUT2D eigenvalue weighted by molar-refractivity contribution is 0.0379. The number of fused-ring (bicyclic) bond motifs is 4. The van der Waals surface area contributed by atoms with Gasteiger partial charge in [0.25, 0.3) is 0 Å². The normalized spacial score (nSPS) is 24.7. The minimum atomic E-state index is -0.761. The zero-order valence-electron chi connectivity index (χ0n) is 13.4. The molecule has 0 aromatic heterocycles. The number of nitrogens with one attached hydrogen (secondary N) is 1. The molecule has 0 spiro atoms. The van der Waals surface area contributed by atoms with E-state index in [4.69, 9.17) is 21.1 Å². The molecule has 2 aromatic rings. The molecule has 2 aliphatic rings. The topological polar surface area (TPSA) is 50.8 Å². The number of benzene rings is 2. The van der Waals surface area contributed by atoms with Gasteiger partial charge in [-0.25, -0.2) is 4.79 Å². The largest absolute Gasteiger partial charge is 0.497 e. The Labute approximate surface area is 145 Å². The molecule has 6 heteroatoms. The number of nitrogens with zero attached hydrogens (tertiary/aromatic N) is 1. The van der Waals surface area contributed by atoms with Gasteiger partial charge in [-0.15, -0.1) is 0 Å². The quantitative estimate of drug-likeness (QED) is 0.891. The summed E-state index contributed by atoms with van der Waals surface area (Å²) >= 11 is 6.09. The van der Waals surface area contributed by atoms with Crippen molar-refractivity contribution in [2.24, 2.45) is 0 Å². The number of rotatable bonds is 2. The number of urea groups is 1. The van der Waals surface area contributed by atoms with E-state index in [-0.39, 0.29) is 12.1 Å². The first-order valence-corrected chi connectivity index (χ1v) is 8.11. The van der Waals surface area contributed by atoms with Crippen molar-refractivity contribution in [2.45, 2.75) is 25.1 Å². The van der Waals surface area contributed by atoms with E-state index in [1.807, 2.05) is 43.3 Å². The summed E-state index contributed by atoms with van der Waals surface area (Å²) in [6.07, 6.45) is 0.637. The molecule has 0 unspecified atom stereocenters. The zero-order valence-corrected chi connectivity index (χ0v) is 14.1. The van der Waals surface area contributed by atoms with Crippen LogP contribution in [0.15, 0.2) is 42.5 Å². The molecule has 4 rings (SSSR count). The first-order chi connectivity index (χ1) is 11.5. The summed E-state index contributed by atoms with van der Waals surface area (Å²) in [4.78, 5) is 14.4. The van der Waals surface area contributed by atoms with E-state index < -0.39 is 5.72 Å². The maximum Gasteiger partial charge on any atom is 0.325 e. The van der Waals surface area contributed by atoms with E-state index in [9.17, 15) is 4.79 Å². The van der Waals surface area contributed by atoms with Gasteiger partial charge in [0.15, 0.2) is 5.72 Å². The van der Waals surface area contributed by atoms with Crippen LogP contribution in [0.25, 0.3) is 0 Å². The average molecular weight is 345 g/mol. The van der Waals surface area contributed by atoms with Crippen LogP contribution in [0.1, 0.15) is 24.9 Å². The summed E-state index contributed by atoms with van der Waals surface area (Å²) in [5, 5.41) is 3.68. The fourth-order valence-electron chi connectivity index (χ4n) is 3.47. The van der Waals surface area contributed by atoms with Crippen LogP contribution in [0.2, 0.25) is 5.02 Å². The van der Waals surface area contributed by atoms with Crippen molar-refractivity contribution in [3.63, 3.8) is 0 Å². The molecule has 2 aliphatic heterocycles. The molecule has 2 aromatic carbocycles. The molecule has 1 fully saturated rings. The third-order valence-corrected chi connectivity index (χ3v) is 4.80. The van der Waals surface area contributed by atoms with E-state index >= 15 is 0 Å². The van der Waals surface area contributed by atoms with Crippen LogP contribution in [-0.4, -0.2) is 18.9 Å². The van der Waals surface area contributed by atoms with Gasteiger partial charge in [-0.2, -0.15) is 0 Å². The monoisotopic (exact) mass is 344 g/mol. The van der Waals surface area contributed by atoms with Crippen molar-refractivity contribution in [2.75, 3.05) is 12.0 Å². The van der Waals surface area contributed by atoms with Crippen molar-refractivity contribution >= 4 is 23.3 Å². The highest BCUT2D eigenvalue weighted by Crippen LogP contribution is 2.46. The highest BCUT2D eigenvalue weighted by Gasteiger charge is 2.49. The second-order valence-electron chi connectivity index (χ2n) is 6.20. The molecule has 2 bridgehead atoms. The van der Waals surface area contributed by atoms with Gasteiger partial charge < -0.3 is 14.8 Å². The predicted octanol–water partition coefficient (Wildman–Crippen LogP) is 4.12. The number of halogens is 1. The second kappa shape index (κ2) is 5.31. The highest BCUT2D eigenvalue weighted by atomic mass is 35.5. The Hall–Kier alpha value is -2.40. The van der Waals surface area contributed by atoms with Crippen molar-refractivity contribution in [3.05, 3.63) is 53.1 Å². The lowest BCUT2D eigenvalue weighted by atomic mass is 9.90. The lowest BCUT2D eigenvalue weighted by Gasteiger charge is -2.50. The number of amides is 2. The van der Waals surface area contributed by atoms with Gasteiger partial charge in [-0.3, -0.25) is 4.90 Å². The fourth-order valence-corrected chi connectivity index (χ4v) is 3.65. The fraction of sp³-hybridized carbons (Fsp3) is 0.278. The summed E-state index contributed by atoms with van der Waals surface area (Å²) < 4.78 is 11.4. The van der Waals surface area contributed by atoms with E-state index in [2.05, 4.69) is 5.32 Å². The van der Waals surface area contributed by atoms with Crippen LogP contribution in [0.4, 0.5) is 10.5 Å². The Bertz CT molecular complexity index is 808. The Balaban J connectivity index is 1.76. The Morgan fingerprint density at radius 2 is 2.04 bits per heavy atom. The smallest absolute Gasteiger partial charge is 0.325 e. The van der Waals surface area contributed by atoms with Crippen LogP contribution in [0, 0.1) is 0 Å². The Morgan fingerprint density at radius 1 is 1.29 bits per heavy atom. The number of carbonyl (C=O) groups excluding carboxylic acids is 1.